The van der Waals surface area contributed by atoms with E-state index in [1.807, 2.05) is 24.3 Å². The Bertz CT molecular complexity index is 1040. The van der Waals surface area contributed by atoms with Crippen LogP contribution in [0.25, 0.3) is 11.0 Å². The lowest BCUT2D eigenvalue weighted by molar-refractivity contribution is 0.0775. The van der Waals surface area contributed by atoms with Gasteiger partial charge < -0.3 is 14.1 Å². The Kier molecular flexibility index (Phi) is 6.82. The molecule has 0 N–H and O–H groups in total. The summed E-state index contributed by atoms with van der Waals surface area (Å²) in [5.74, 6) is 0.675. The molecule has 3 aromatic rings. The molecule has 2 aromatic heterocycles. The second kappa shape index (κ2) is 9.52. The van der Waals surface area contributed by atoms with Crippen molar-refractivity contribution in [3.63, 3.8) is 0 Å². The van der Waals surface area contributed by atoms with E-state index in [9.17, 15) is 9.59 Å². The number of hydrogen-bond donors (Lipinski definition) is 0. The highest BCUT2D eigenvalue weighted by molar-refractivity contribution is 5.92. The number of para-hydroxylation sites is 1. The van der Waals surface area contributed by atoms with Gasteiger partial charge in [-0.15, -0.1) is 0 Å². The molecule has 0 spiro atoms. The molecule has 0 radical (unpaired) electrons. The molecule has 0 fully saturated rings. The molecule has 0 saturated carbocycles. The van der Waals surface area contributed by atoms with Crippen molar-refractivity contribution in [3.8, 4) is 0 Å². The van der Waals surface area contributed by atoms with Crippen LogP contribution in [-0.2, 0) is 24.2 Å². The maximum atomic E-state index is 13.0. The van der Waals surface area contributed by atoms with E-state index in [0.29, 0.717) is 19.7 Å². The number of hydrogen-bond acceptors (Lipinski definition) is 5. The van der Waals surface area contributed by atoms with E-state index in [2.05, 4.69) is 12.0 Å². The van der Waals surface area contributed by atoms with Gasteiger partial charge in [0.05, 0.1) is 13.2 Å². The lowest BCUT2D eigenvalue weighted by Crippen LogP contribution is -2.31. The van der Waals surface area contributed by atoms with Crippen molar-refractivity contribution in [2.75, 3.05) is 20.8 Å². The summed E-state index contributed by atoms with van der Waals surface area (Å²) in [5.41, 5.74) is 1.83. The van der Waals surface area contributed by atoms with Gasteiger partial charge in [-0.25, -0.2) is 4.68 Å². The highest BCUT2D eigenvalue weighted by Gasteiger charge is 2.20. The van der Waals surface area contributed by atoms with E-state index in [0.717, 1.165) is 41.6 Å². The van der Waals surface area contributed by atoms with Crippen LogP contribution in [0.3, 0.4) is 0 Å². The first-order chi connectivity index (χ1) is 14.0. The predicted molar refractivity (Wildman–Crippen MR) is 111 cm³/mol. The van der Waals surface area contributed by atoms with Crippen molar-refractivity contribution in [1.82, 2.24) is 14.7 Å². The number of aryl methyl sites for hydroxylation is 1. The second-order valence-electron chi connectivity index (χ2n) is 7.04. The molecule has 0 unspecified atom stereocenters. The van der Waals surface area contributed by atoms with Crippen LogP contribution in [-0.4, -0.2) is 41.4 Å². The fourth-order valence-electron chi connectivity index (χ4n) is 3.27. The van der Waals surface area contributed by atoms with Crippen LogP contribution in [0.5, 0.6) is 0 Å². The SMILES string of the molecule is CCCCc1oc2ccccc2c1CN(C)C(=O)c1ccc(=O)n(CCOC)n1. The smallest absolute Gasteiger partial charge is 0.274 e. The molecule has 1 aromatic carbocycles. The Labute approximate surface area is 169 Å². The van der Waals surface area contributed by atoms with Crippen molar-refractivity contribution < 1.29 is 13.9 Å². The molecule has 3 rings (SSSR count). The van der Waals surface area contributed by atoms with Gasteiger partial charge in [0, 0.05) is 44.1 Å². The number of amides is 1. The lowest BCUT2D eigenvalue weighted by atomic mass is 10.1. The fraction of sp³-hybridized carbons (Fsp3) is 0.409. The largest absolute Gasteiger partial charge is 0.461 e. The third-order valence-corrected chi connectivity index (χ3v) is 4.87. The standard InChI is InChI=1S/C22H27N3O4/c1-4-5-9-20-17(16-8-6-7-10-19(16)29-20)15-24(2)22(27)18-11-12-21(26)25(23-18)13-14-28-3/h6-8,10-12H,4-5,9,13-15H2,1-3H3. The van der Waals surface area contributed by atoms with Crippen LogP contribution in [0.15, 0.2) is 45.6 Å². The highest BCUT2D eigenvalue weighted by Crippen LogP contribution is 2.28. The number of fused-ring (bicyclic) bond motifs is 1. The number of furan rings is 1. The fourth-order valence-corrected chi connectivity index (χ4v) is 3.27. The number of aromatic nitrogens is 2. The van der Waals surface area contributed by atoms with Gasteiger partial charge >= 0.3 is 0 Å². The second-order valence-corrected chi connectivity index (χ2v) is 7.04. The van der Waals surface area contributed by atoms with Gasteiger partial charge in [0.25, 0.3) is 11.5 Å². The molecule has 0 aliphatic rings. The topological polar surface area (TPSA) is 77.6 Å². The molecule has 0 atom stereocenters. The quantitative estimate of drug-likeness (QED) is 0.554. The van der Waals surface area contributed by atoms with Gasteiger partial charge in [-0.05, 0) is 18.6 Å². The molecule has 0 aliphatic heterocycles. The summed E-state index contributed by atoms with van der Waals surface area (Å²) >= 11 is 0. The van der Waals surface area contributed by atoms with Gasteiger partial charge in [0.2, 0.25) is 0 Å². The maximum Gasteiger partial charge on any atom is 0.274 e. The summed E-state index contributed by atoms with van der Waals surface area (Å²) in [6.45, 7) is 3.20. The molecule has 1 amide bonds. The predicted octanol–water partition coefficient (Wildman–Crippen LogP) is 3.25. The van der Waals surface area contributed by atoms with Crippen LogP contribution in [0.2, 0.25) is 0 Å². The molecule has 0 saturated heterocycles. The molecule has 154 valence electrons. The van der Waals surface area contributed by atoms with Gasteiger partial charge in [-0.1, -0.05) is 31.5 Å². The molecule has 29 heavy (non-hydrogen) atoms. The zero-order chi connectivity index (χ0) is 20.8. The Morgan fingerprint density at radius 2 is 2.03 bits per heavy atom. The average molecular weight is 397 g/mol. The maximum absolute atomic E-state index is 13.0. The Morgan fingerprint density at radius 1 is 1.24 bits per heavy atom. The molecule has 2 heterocycles. The van der Waals surface area contributed by atoms with E-state index >= 15 is 0 Å². The Balaban J connectivity index is 1.85. The Morgan fingerprint density at radius 3 is 2.79 bits per heavy atom. The molecule has 7 heteroatoms. The number of benzene rings is 1. The van der Waals surface area contributed by atoms with Crippen LogP contribution < -0.4 is 5.56 Å². The molecule has 0 aliphatic carbocycles. The van der Waals surface area contributed by atoms with E-state index in [4.69, 9.17) is 9.15 Å². The summed E-state index contributed by atoms with van der Waals surface area (Å²) in [7, 11) is 3.29. The number of rotatable bonds is 9. The zero-order valence-corrected chi connectivity index (χ0v) is 17.2. The minimum atomic E-state index is -0.260. The van der Waals surface area contributed by atoms with Crippen LogP contribution >= 0.6 is 0 Å². The third-order valence-electron chi connectivity index (χ3n) is 4.87. The summed E-state index contributed by atoms with van der Waals surface area (Å²) < 4.78 is 12.3. The third kappa shape index (κ3) is 4.74. The minimum absolute atomic E-state index is 0.228. The van der Waals surface area contributed by atoms with E-state index < -0.39 is 0 Å². The summed E-state index contributed by atoms with van der Waals surface area (Å²) in [5, 5.41) is 5.23. The molecule has 0 bridgehead atoms. The van der Waals surface area contributed by atoms with E-state index in [-0.39, 0.29) is 17.2 Å². The van der Waals surface area contributed by atoms with E-state index in [1.165, 1.54) is 16.8 Å². The van der Waals surface area contributed by atoms with Crippen molar-refractivity contribution in [1.29, 1.82) is 0 Å². The summed E-state index contributed by atoms with van der Waals surface area (Å²) in [6, 6.07) is 10.7. The Hall–Kier alpha value is -2.93. The van der Waals surface area contributed by atoms with Crippen LogP contribution in [0.1, 0.15) is 41.6 Å². The van der Waals surface area contributed by atoms with Crippen molar-refractivity contribution in [2.24, 2.45) is 0 Å². The lowest BCUT2D eigenvalue weighted by Gasteiger charge is -2.17. The number of ether oxygens (including phenoxy) is 1. The number of carbonyl (C=O) groups excluding carboxylic acids is 1. The number of carbonyl (C=O) groups is 1. The summed E-state index contributed by atoms with van der Waals surface area (Å²) in [6.07, 6.45) is 2.93. The van der Waals surface area contributed by atoms with Crippen molar-refractivity contribution in [2.45, 2.75) is 39.3 Å². The first kappa shape index (κ1) is 20.8. The van der Waals surface area contributed by atoms with Crippen molar-refractivity contribution in [3.05, 3.63) is 63.8 Å². The minimum Gasteiger partial charge on any atom is -0.461 e. The number of nitrogens with zero attached hydrogens (tertiary/aromatic N) is 3. The van der Waals surface area contributed by atoms with Crippen molar-refractivity contribution >= 4 is 16.9 Å². The normalized spacial score (nSPS) is 11.1. The number of unbranched alkanes of at least 4 members (excludes halogenated alkanes) is 1. The molecular weight excluding hydrogens is 370 g/mol. The molecule has 7 nitrogen and oxygen atoms in total. The summed E-state index contributed by atoms with van der Waals surface area (Å²) in [4.78, 5) is 26.5. The van der Waals surface area contributed by atoms with Crippen LogP contribution in [0.4, 0.5) is 0 Å². The highest BCUT2D eigenvalue weighted by atomic mass is 16.5. The zero-order valence-electron chi connectivity index (χ0n) is 17.2. The number of methoxy groups -OCH3 is 1. The van der Waals surface area contributed by atoms with Gasteiger partial charge in [-0.3, -0.25) is 9.59 Å². The van der Waals surface area contributed by atoms with E-state index in [1.54, 1.807) is 19.1 Å². The van der Waals surface area contributed by atoms with Gasteiger partial charge in [0.15, 0.2) is 0 Å². The average Bonchev–Trinajstić information content (AvgIpc) is 3.08. The first-order valence-electron chi connectivity index (χ1n) is 9.87. The molecular formula is C22H27N3O4. The van der Waals surface area contributed by atoms with Gasteiger partial charge in [-0.2, -0.15) is 5.10 Å². The van der Waals surface area contributed by atoms with Gasteiger partial charge in [0.1, 0.15) is 17.0 Å². The van der Waals surface area contributed by atoms with Crippen LogP contribution in [0, 0.1) is 0 Å². The monoisotopic (exact) mass is 397 g/mol. The first-order valence-corrected chi connectivity index (χ1v) is 9.87.